The molecule has 2 unspecified atom stereocenters. The molecule has 0 aromatic heterocycles. The highest BCUT2D eigenvalue weighted by Crippen LogP contribution is 2.44. The van der Waals surface area contributed by atoms with E-state index in [9.17, 15) is 14.2 Å². The maximum atomic E-state index is 14.1. The molecule has 0 saturated carbocycles. The summed E-state index contributed by atoms with van der Waals surface area (Å²) in [6.45, 7) is 11.5. The highest BCUT2D eigenvalue weighted by atomic mass is 31.1. The molecule has 1 aliphatic rings. The van der Waals surface area contributed by atoms with Gasteiger partial charge in [-0.25, -0.2) is 0 Å². The monoisotopic (exact) mass is 419 g/mol. The van der Waals surface area contributed by atoms with Crippen LogP contribution in [-0.2, 0) is 4.57 Å². The van der Waals surface area contributed by atoms with Crippen LogP contribution >= 0.6 is 8.46 Å². The minimum absolute atomic E-state index is 0.282. The Hall–Kier alpha value is -2.64. The van der Waals surface area contributed by atoms with Gasteiger partial charge in [-0.2, -0.15) is 0 Å². The summed E-state index contributed by atoms with van der Waals surface area (Å²) in [7, 11) is -0.814. The average Bonchev–Trinajstić information content (AvgIpc) is 2.65. The topological polar surface area (TPSA) is 51.2 Å². The first-order chi connectivity index (χ1) is 14.1. The van der Waals surface area contributed by atoms with Crippen LogP contribution in [0.3, 0.4) is 0 Å². The van der Waals surface area contributed by atoms with Crippen molar-refractivity contribution in [3.8, 4) is 0 Å². The molecule has 0 N–H and O–H groups in total. The van der Waals surface area contributed by atoms with Crippen LogP contribution in [0.2, 0.25) is 0 Å². The highest BCUT2D eigenvalue weighted by molar-refractivity contribution is 7.25. The molecule has 2 aromatic rings. The van der Waals surface area contributed by atoms with E-state index in [1.165, 1.54) is 0 Å². The van der Waals surface area contributed by atoms with Crippen LogP contribution in [0.5, 0.6) is 0 Å². The molecule has 0 radical (unpaired) electrons. The van der Waals surface area contributed by atoms with Crippen LogP contribution in [0.15, 0.2) is 48.6 Å². The predicted molar refractivity (Wildman–Crippen MR) is 123 cm³/mol. The number of carbonyl (C=O) groups is 2. The van der Waals surface area contributed by atoms with Crippen LogP contribution in [-0.4, -0.2) is 17.2 Å². The fourth-order valence-corrected chi connectivity index (χ4v) is 5.53. The zero-order chi connectivity index (χ0) is 22.2. The van der Waals surface area contributed by atoms with Gasteiger partial charge in [0, 0.05) is 11.1 Å². The normalized spacial score (nSPS) is 17.3. The minimum atomic E-state index is -1.52. The molecule has 154 valence electrons. The number of benzene rings is 2. The molecular weight excluding hydrogens is 391 g/mol. The van der Waals surface area contributed by atoms with Crippen LogP contribution in [0.1, 0.15) is 54.1 Å². The first kappa shape index (κ1) is 22.1. The number of ketones is 2. The fourth-order valence-electron chi connectivity index (χ4n) is 4.80. The molecule has 2 atom stereocenters. The Morgan fingerprint density at radius 1 is 0.733 bits per heavy atom. The van der Waals surface area contributed by atoms with E-state index in [-0.39, 0.29) is 11.6 Å². The summed E-state index contributed by atoms with van der Waals surface area (Å²) in [6.07, 6.45) is 6.87. The molecule has 0 saturated heterocycles. The Labute approximate surface area is 180 Å². The largest absolute Gasteiger partial charge is 0.334 e. The second-order valence-electron chi connectivity index (χ2n) is 8.41. The Balaban J connectivity index is 2.31. The van der Waals surface area contributed by atoms with Crippen LogP contribution < -0.4 is 0 Å². The van der Waals surface area contributed by atoms with Gasteiger partial charge in [-0.15, -0.1) is 0 Å². The average molecular weight is 419 g/mol. The smallest absolute Gasteiger partial charge is 0.292 e. The number of rotatable bonds is 5. The number of hydrogen-bond donors (Lipinski definition) is 0. The van der Waals surface area contributed by atoms with Gasteiger partial charge < -0.3 is 0 Å². The molecule has 3 nitrogen and oxygen atoms in total. The van der Waals surface area contributed by atoms with Gasteiger partial charge in [0.15, 0.2) is 22.6 Å². The van der Waals surface area contributed by atoms with Gasteiger partial charge >= 0.3 is 8.46 Å². The summed E-state index contributed by atoms with van der Waals surface area (Å²) in [5.41, 5.74) is 4.31. The van der Waals surface area contributed by atoms with Gasteiger partial charge in [0.2, 0.25) is 0 Å². The van der Waals surface area contributed by atoms with Crippen molar-refractivity contribution in [2.75, 3.05) is 0 Å². The summed E-state index contributed by atoms with van der Waals surface area (Å²) in [6, 6.07) is 7.82. The number of carbonyl (C=O) groups excluding carboxylic acids is 2. The minimum Gasteiger partial charge on any atom is -0.292 e. The van der Waals surface area contributed by atoms with Gasteiger partial charge in [0.05, 0.1) is 0 Å². The van der Waals surface area contributed by atoms with Crippen molar-refractivity contribution in [1.82, 2.24) is 0 Å². The summed E-state index contributed by atoms with van der Waals surface area (Å²) in [4.78, 5) is 28.2. The van der Waals surface area contributed by atoms with E-state index in [4.69, 9.17) is 0 Å². The molecule has 30 heavy (non-hydrogen) atoms. The number of allylic oxidation sites excluding steroid dienone is 4. The van der Waals surface area contributed by atoms with E-state index in [0.717, 1.165) is 33.4 Å². The van der Waals surface area contributed by atoms with Gasteiger partial charge in [0.1, 0.15) is 0 Å². The molecule has 3 rings (SSSR count). The third kappa shape index (κ3) is 3.52. The van der Waals surface area contributed by atoms with Crippen molar-refractivity contribution in [2.45, 2.75) is 47.2 Å². The molecule has 0 heterocycles. The predicted octanol–water partition coefficient (Wildman–Crippen LogP) is 6.11. The molecule has 0 bridgehead atoms. The number of hydrogen-bond acceptors (Lipinski definition) is 3. The van der Waals surface area contributed by atoms with Gasteiger partial charge in [-0.3, -0.25) is 9.59 Å². The Bertz CT molecular complexity index is 1010. The number of aryl methyl sites for hydroxylation is 6. The molecule has 0 fully saturated rings. The molecule has 0 amide bonds. The van der Waals surface area contributed by atoms with Gasteiger partial charge in [0.25, 0.3) is 0 Å². The maximum absolute atomic E-state index is 14.1. The molecule has 0 aliphatic heterocycles. The third-order valence-corrected chi connectivity index (χ3v) is 6.85. The van der Waals surface area contributed by atoms with Crippen molar-refractivity contribution >= 4 is 20.0 Å². The van der Waals surface area contributed by atoms with E-state index in [0.29, 0.717) is 11.1 Å². The van der Waals surface area contributed by atoms with Crippen LogP contribution in [0.25, 0.3) is 0 Å². The Morgan fingerprint density at radius 2 is 1.13 bits per heavy atom. The fraction of sp³-hybridized carbons (Fsp3) is 0.308. The van der Waals surface area contributed by atoms with E-state index in [2.05, 4.69) is 0 Å². The second kappa shape index (κ2) is 8.24. The third-order valence-electron chi connectivity index (χ3n) is 5.95. The lowest BCUT2D eigenvalue weighted by atomic mass is 9.67. The zero-order valence-electron chi connectivity index (χ0n) is 18.4. The van der Waals surface area contributed by atoms with Crippen molar-refractivity contribution in [3.05, 3.63) is 93.1 Å². The zero-order valence-corrected chi connectivity index (χ0v) is 19.4. The summed E-state index contributed by atoms with van der Waals surface area (Å²) < 4.78 is 12.3. The SMILES string of the molecule is Cc1cc(C)c(C(=O)C2(C(=O)c3c(C)cc(C)cc3C)C=CC=CC2[PH+]=O)c(C)c1. The standard InChI is InChI=1S/C26H27O3P/c1-15-11-17(3)22(18(4)12-15)24(27)26(10-8-7-9-21(26)30-29)25(28)23-19(5)13-16(2)14-20(23)6/h7-14,21H,1-6H3/p+1. The molecule has 2 aromatic carbocycles. The Morgan fingerprint density at radius 3 is 1.50 bits per heavy atom. The van der Waals surface area contributed by atoms with Crippen molar-refractivity contribution in [2.24, 2.45) is 5.41 Å². The first-order valence-electron chi connectivity index (χ1n) is 10.1. The van der Waals surface area contributed by atoms with E-state index in [1.807, 2.05) is 65.8 Å². The van der Waals surface area contributed by atoms with Crippen molar-refractivity contribution in [1.29, 1.82) is 0 Å². The number of Topliss-reactive ketones (excluding diaryl/α,β-unsaturated/α-hetero) is 2. The lowest BCUT2D eigenvalue weighted by Crippen LogP contribution is -2.46. The molecule has 1 aliphatic carbocycles. The van der Waals surface area contributed by atoms with Crippen molar-refractivity contribution < 1.29 is 14.2 Å². The molecule has 0 spiro atoms. The van der Waals surface area contributed by atoms with Crippen LogP contribution in [0, 0.1) is 47.0 Å². The summed E-state index contributed by atoms with van der Waals surface area (Å²) in [5, 5.41) is 0. The molecular formula is C26H28O3P+. The quantitative estimate of drug-likeness (QED) is 0.334. The van der Waals surface area contributed by atoms with Gasteiger partial charge in [-0.05, 0) is 69.9 Å². The Kier molecular flexibility index (Phi) is 6.06. The lowest BCUT2D eigenvalue weighted by molar-refractivity contribution is 0.0730. The van der Waals surface area contributed by atoms with Crippen molar-refractivity contribution in [3.63, 3.8) is 0 Å². The summed E-state index contributed by atoms with van der Waals surface area (Å²) in [5.74, 6) is -0.563. The first-order valence-corrected chi connectivity index (χ1v) is 11.1. The van der Waals surface area contributed by atoms with Crippen LogP contribution in [0.4, 0.5) is 0 Å². The van der Waals surface area contributed by atoms with E-state index < -0.39 is 19.5 Å². The summed E-state index contributed by atoms with van der Waals surface area (Å²) >= 11 is 0. The lowest BCUT2D eigenvalue weighted by Gasteiger charge is -2.31. The molecule has 4 heteroatoms. The van der Waals surface area contributed by atoms with E-state index >= 15 is 0 Å². The van der Waals surface area contributed by atoms with Gasteiger partial charge in [-0.1, -0.05) is 58.2 Å². The maximum Gasteiger partial charge on any atom is 0.334 e. The van der Waals surface area contributed by atoms with E-state index in [1.54, 1.807) is 24.3 Å². The second-order valence-corrected chi connectivity index (χ2v) is 9.27. The highest BCUT2D eigenvalue weighted by Gasteiger charge is 2.55.